The van der Waals surface area contributed by atoms with Crippen molar-refractivity contribution in [2.24, 2.45) is 0 Å². The van der Waals surface area contributed by atoms with Gasteiger partial charge in [-0.25, -0.2) is 15.0 Å². The summed E-state index contributed by atoms with van der Waals surface area (Å²) in [4.78, 5) is 16.9. The summed E-state index contributed by atoms with van der Waals surface area (Å²) in [6, 6.07) is 143. The summed E-state index contributed by atoms with van der Waals surface area (Å²) in [5.41, 5.74) is 23.2. The lowest BCUT2D eigenvalue weighted by Crippen LogP contribution is -2.01. The third-order valence-corrected chi connectivity index (χ3v) is 24.7. The molecule has 0 aliphatic heterocycles. The van der Waals surface area contributed by atoms with Crippen molar-refractivity contribution >= 4 is 152 Å². The molecule has 0 saturated heterocycles. The van der Waals surface area contributed by atoms with Crippen LogP contribution in [0.4, 0.5) is 0 Å². The van der Waals surface area contributed by atoms with Crippen LogP contribution in [0.5, 0.6) is 0 Å². The van der Waals surface area contributed by atoms with Gasteiger partial charge in [0.2, 0.25) is 0 Å². The zero-order valence-electron chi connectivity index (χ0n) is 63.6. The summed E-state index contributed by atoms with van der Waals surface area (Å²) >= 11 is 0. The van der Waals surface area contributed by atoms with E-state index >= 15 is 0 Å². The van der Waals surface area contributed by atoms with Crippen LogP contribution in [0.25, 0.3) is 253 Å². The van der Waals surface area contributed by atoms with Gasteiger partial charge in [-0.2, -0.15) is 0 Å². The van der Waals surface area contributed by atoms with Crippen LogP contribution in [0.15, 0.2) is 403 Å². The molecule has 118 heavy (non-hydrogen) atoms. The summed E-state index contributed by atoms with van der Waals surface area (Å²) in [6.45, 7) is 0. The number of rotatable bonds is 10. The number of aromatic nitrogens is 5. The lowest BCUT2D eigenvalue weighted by molar-refractivity contribution is 0.668. The number of nitrogens with zero attached hydrogens (tertiary/aromatic N) is 5. The van der Waals surface area contributed by atoms with Crippen LogP contribution in [0, 0.1) is 0 Å². The Hall–Kier alpha value is -15.8. The minimum atomic E-state index is 0.508. The van der Waals surface area contributed by atoms with Gasteiger partial charge in [0.25, 0.3) is 0 Å². The molecule has 20 aromatic carbocycles. The Labute approximate surface area is 676 Å². The average molecular weight is 1500 g/mol. The van der Waals surface area contributed by atoms with E-state index in [9.17, 15) is 0 Å². The number of para-hydroxylation sites is 2. The molecular weight excluding hydrogens is 1440 g/mol. The minimum absolute atomic E-state index is 0.508. The van der Waals surface area contributed by atoms with Crippen LogP contribution < -0.4 is 0 Å². The first-order valence-electron chi connectivity index (χ1n) is 40.3. The Kier molecular flexibility index (Phi) is 14.4. The van der Waals surface area contributed by atoms with Gasteiger partial charge in [-0.05, 0) is 242 Å². The predicted octanol–water partition coefficient (Wildman–Crippen LogP) is 30.1. The van der Waals surface area contributed by atoms with Gasteiger partial charge >= 0.3 is 0 Å². The zero-order valence-corrected chi connectivity index (χ0v) is 63.6. The molecule has 5 aromatic heterocycles. The van der Waals surface area contributed by atoms with E-state index in [2.05, 4.69) is 391 Å². The SMILES string of the molecule is c1ccc(-c2cc(-c3ccccc3)cc(-c3cccc(-c4nc(-c5cccc6oc7ccc(-c8ccc9c(c8)c8ccccc8n9-c8ccc9c%10ccccc%10c%10ccccc%10c9c8)cc7c56)nc(-c5cccc6oc7ccc(-c8ccc9c(c8)c8ccccc8n9-c8ccc9c%10ccccc%10c%10ccccc%10c9c8)cc7c56)n4)c3)c2)cc1. The van der Waals surface area contributed by atoms with E-state index in [0.717, 1.165) is 150 Å². The molecule has 0 unspecified atom stereocenters. The molecule has 0 fully saturated rings. The number of furan rings is 2. The van der Waals surface area contributed by atoms with Crippen molar-refractivity contribution in [2.75, 3.05) is 0 Å². The highest BCUT2D eigenvalue weighted by Crippen LogP contribution is 2.47. The maximum atomic E-state index is 6.90. The molecule has 5 heterocycles. The Balaban J connectivity index is 0.643. The molecule has 25 aromatic rings. The molecule has 0 aliphatic rings. The van der Waals surface area contributed by atoms with Crippen LogP contribution >= 0.6 is 0 Å². The first-order valence-corrected chi connectivity index (χ1v) is 40.3. The lowest BCUT2D eigenvalue weighted by atomic mass is 9.93. The van der Waals surface area contributed by atoms with Crippen molar-refractivity contribution in [2.45, 2.75) is 0 Å². The summed E-state index contributed by atoms with van der Waals surface area (Å²) < 4.78 is 18.7. The third kappa shape index (κ3) is 10.2. The largest absolute Gasteiger partial charge is 0.456 e. The standard InChI is InChI=1S/C111H65N5O2/c1-3-22-66(23-4-1)74-57-75(67-24-5-2-6-25-67)59-76(58-74)68-26-19-27-73(56-68)109-112-110(91-38-20-42-105-107(91)97-62-71(46-54-103(97)117-105)69-44-52-101-95(60-69)89-36-15-17-40-99(89)115(101)77-48-50-87-83-32-9-7-28-79(83)81-30-11-13-34-85(81)93(87)64-77)114-111(113-109)92-39-21-43-106-108(92)98-63-72(47-55-104(98)118-106)70-45-53-102-96(61-70)90-37-16-18-41-100(90)116(102)78-49-51-88-84-33-10-8-29-80(84)82-31-12-14-35-86(82)94(88)65-78/h1-65H. The summed E-state index contributed by atoms with van der Waals surface area (Å²) in [7, 11) is 0. The normalized spacial score (nSPS) is 12.1. The first-order chi connectivity index (χ1) is 58.5. The summed E-state index contributed by atoms with van der Waals surface area (Å²) in [6.07, 6.45) is 0. The van der Waals surface area contributed by atoms with Crippen molar-refractivity contribution in [3.63, 3.8) is 0 Å². The highest BCUT2D eigenvalue weighted by atomic mass is 16.3. The Morgan fingerprint density at radius 2 is 0.466 bits per heavy atom. The predicted molar refractivity (Wildman–Crippen MR) is 492 cm³/mol. The van der Waals surface area contributed by atoms with Crippen LogP contribution in [0.3, 0.4) is 0 Å². The van der Waals surface area contributed by atoms with E-state index in [0.29, 0.717) is 17.5 Å². The van der Waals surface area contributed by atoms with Crippen molar-refractivity contribution < 1.29 is 8.83 Å². The maximum absolute atomic E-state index is 6.90. The van der Waals surface area contributed by atoms with E-state index in [1.54, 1.807) is 0 Å². The van der Waals surface area contributed by atoms with Crippen LogP contribution in [0.2, 0.25) is 0 Å². The zero-order chi connectivity index (χ0) is 77.2. The van der Waals surface area contributed by atoms with Crippen LogP contribution in [-0.4, -0.2) is 24.1 Å². The maximum Gasteiger partial charge on any atom is 0.164 e. The summed E-state index contributed by atoms with van der Waals surface area (Å²) in [5, 5.41) is 23.5. The average Bonchev–Trinajstić information content (AvgIpc) is 1.64. The van der Waals surface area contributed by atoms with Gasteiger partial charge in [-0.3, -0.25) is 0 Å². The molecule has 0 spiro atoms. The van der Waals surface area contributed by atoms with Gasteiger partial charge in [0.1, 0.15) is 22.3 Å². The fourth-order valence-corrected chi connectivity index (χ4v) is 19.3. The molecule has 0 amide bonds. The monoisotopic (exact) mass is 1500 g/mol. The fraction of sp³-hybridized carbons (Fsp3) is 0. The highest BCUT2D eigenvalue weighted by molar-refractivity contribution is 6.28. The molecule has 0 aliphatic carbocycles. The van der Waals surface area contributed by atoms with Gasteiger partial charge in [-0.15, -0.1) is 0 Å². The van der Waals surface area contributed by atoms with E-state index in [1.807, 2.05) is 12.1 Å². The smallest absolute Gasteiger partial charge is 0.164 e. The molecule has 0 saturated carbocycles. The Morgan fingerprint density at radius 3 is 0.898 bits per heavy atom. The Bertz CT molecular complexity index is 8040. The van der Waals surface area contributed by atoms with Gasteiger partial charge in [0.05, 0.1) is 22.1 Å². The molecule has 0 bridgehead atoms. The van der Waals surface area contributed by atoms with Crippen LogP contribution in [-0.2, 0) is 0 Å². The molecule has 0 atom stereocenters. The fourth-order valence-electron chi connectivity index (χ4n) is 19.3. The number of benzene rings is 20. The van der Waals surface area contributed by atoms with Crippen molar-refractivity contribution in [3.8, 4) is 101 Å². The molecule has 0 radical (unpaired) electrons. The second-order valence-electron chi connectivity index (χ2n) is 31.2. The lowest BCUT2D eigenvalue weighted by Gasteiger charge is -2.14. The van der Waals surface area contributed by atoms with E-state index in [4.69, 9.17) is 23.8 Å². The molecule has 546 valence electrons. The molecule has 25 rings (SSSR count). The van der Waals surface area contributed by atoms with E-state index < -0.39 is 0 Å². The second kappa shape index (κ2) is 25.8. The van der Waals surface area contributed by atoms with E-state index in [-0.39, 0.29) is 0 Å². The number of fused-ring (bicyclic) bond motifs is 24. The molecule has 7 heteroatoms. The summed E-state index contributed by atoms with van der Waals surface area (Å²) in [5.74, 6) is 1.54. The quantitative estimate of drug-likeness (QED) is 0.128. The number of hydrogen-bond acceptors (Lipinski definition) is 5. The molecule has 7 nitrogen and oxygen atoms in total. The molecular formula is C111H65N5O2. The van der Waals surface area contributed by atoms with Crippen molar-refractivity contribution in [1.82, 2.24) is 24.1 Å². The van der Waals surface area contributed by atoms with Gasteiger partial charge in [-0.1, -0.05) is 273 Å². The minimum Gasteiger partial charge on any atom is -0.456 e. The van der Waals surface area contributed by atoms with E-state index in [1.165, 1.54) is 86.2 Å². The van der Waals surface area contributed by atoms with Gasteiger partial charge in [0.15, 0.2) is 17.5 Å². The van der Waals surface area contributed by atoms with Gasteiger partial charge in [0, 0.05) is 71.2 Å². The van der Waals surface area contributed by atoms with Gasteiger partial charge < -0.3 is 18.0 Å². The first kappa shape index (κ1) is 65.7. The second-order valence-corrected chi connectivity index (χ2v) is 31.2. The number of hydrogen-bond donors (Lipinski definition) is 0. The van der Waals surface area contributed by atoms with Crippen LogP contribution in [0.1, 0.15) is 0 Å². The third-order valence-electron chi connectivity index (χ3n) is 24.7. The Morgan fingerprint density at radius 1 is 0.161 bits per heavy atom. The highest BCUT2D eigenvalue weighted by Gasteiger charge is 2.25. The topological polar surface area (TPSA) is 74.8 Å². The molecule has 0 N–H and O–H groups in total. The van der Waals surface area contributed by atoms with Crippen molar-refractivity contribution in [3.05, 3.63) is 394 Å². The van der Waals surface area contributed by atoms with Crippen molar-refractivity contribution in [1.29, 1.82) is 0 Å².